The average molecular weight is 631 g/mol. The van der Waals surface area contributed by atoms with Crippen molar-refractivity contribution in [3.63, 3.8) is 0 Å². The molecule has 0 aromatic carbocycles. The third-order valence-electron chi connectivity index (χ3n) is 8.01. The number of anilines is 1. The molecule has 0 unspecified atom stereocenters. The molecule has 2 aliphatic rings. The summed E-state index contributed by atoms with van der Waals surface area (Å²) < 4.78 is 12.8. The summed E-state index contributed by atoms with van der Waals surface area (Å²) >= 11 is 1.64. The highest BCUT2D eigenvalue weighted by Gasteiger charge is 2.45. The Morgan fingerprint density at radius 2 is 1.91 bits per heavy atom. The number of fused-ring (bicyclic) bond motifs is 1. The molecular formula is C30H38N4O9S. The number of carboxylic acid groups (broad SMARTS) is 1. The van der Waals surface area contributed by atoms with Crippen molar-refractivity contribution in [3.8, 4) is 0 Å². The van der Waals surface area contributed by atoms with Gasteiger partial charge in [0.15, 0.2) is 6.29 Å². The molecule has 0 saturated carbocycles. The van der Waals surface area contributed by atoms with Gasteiger partial charge in [-0.2, -0.15) is 0 Å². The van der Waals surface area contributed by atoms with E-state index in [1.165, 1.54) is 10.5 Å². The SMILES string of the molecule is CC(C)c1csc(CCc2ccn3c(=O)c(/C=C/C(=O)O)c(N4CCC(O[C@@H]5O[C@H](CO)[C@H](O)[C@H](O)[C@H]5O)CC4)nc3c2)n1. The predicted molar refractivity (Wildman–Crippen MR) is 162 cm³/mol. The first-order chi connectivity index (χ1) is 21.0. The van der Waals surface area contributed by atoms with Gasteiger partial charge in [-0.05, 0) is 49.0 Å². The van der Waals surface area contributed by atoms with Gasteiger partial charge in [-0.3, -0.25) is 9.20 Å². The number of carbonyl (C=O) groups is 1. The fraction of sp³-hybridized carbons (Fsp3) is 0.533. The van der Waals surface area contributed by atoms with E-state index in [1.54, 1.807) is 17.5 Å². The number of rotatable bonds is 10. The molecule has 0 spiro atoms. The number of aliphatic carboxylic acids is 1. The number of ether oxygens (including phenoxy) is 2. The Hall–Kier alpha value is -3.24. The van der Waals surface area contributed by atoms with E-state index in [-0.39, 0.29) is 11.7 Å². The van der Waals surface area contributed by atoms with Crippen LogP contribution in [0.25, 0.3) is 11.7 Å². The van der Waals surface area contributed by atoms with Crippen molar-refractivity contribution in [1.29, 1.82) is 0 Å². The van der Waals surface area contributed by atoms with Crippen molar-refractivity contribution in [3.05, 3.63) is 62.0 Å². The maximum absolute atomic E-state index is 13.6. The van der Waals surface area contributed by atoms with Gasteiger partial charge in [0, 0.05) is 37.2 Å². The van der Waals surface area contributed by atoms with Crippen LogP contribution in [0.3, 0.4) is 0 Å². The lowest BCUT2D eigenvalue weighted by Gasteiger charge is -2.42. The minimum absolute atomic E-state index is 0.148. The second-order valence-corrected chi connectivity index (χ2v) is 12.4. The Bertz CT molecular complexity index is 1550. The summed E-state index contributed by atoms with van der Waals surface area (Å²) in [4.78, 5) is 36.3. The van der Waals surface area contributed by atoms with Crippen LogP contribution in [-0.2, 0) is 27.1 Å². The Labute approximate surface area is 257 Å². The first-order valence-electron chi connectivity index (χ1n) is 14.7. The quantitative estimate of drug-likeness (QED) is 0.200. The van der Waals surface area contributed by atoms with Gasteiger partial charge in [0.2, 0.25) is 0 Å². The molecule has 2 saturated heterocycles. The normalized spacial score (nSPS) is 25.0. The summed E-state index contributed by atoms with van der Waals surface area (Å²) in [5.41, 5.74) is 2.26. The van der Waals surface area contributed by atoms with Crippen molar-refractivity contribution in [2.24, 2.45) is 0 Å². The highest BCUT2D eigenvalue weighted by Crippen LogP contribution is 2.28. The van der Waals surface area contributed by atoms with E-state index in [9.17, 15) is 35.1 Å². The molecule has 2 fully saturated rings. The summed E-state index contributed by atoms with van der Waals surface area (Å²) in [6, 6.07) is 3.72. The third kappa shape index (κ3) is 7.01. The standard InChI is InChI=1S/C30H38N4O9S/c1-16(2)20-15-44-23(31-20)5-3-17-7-12-34-22(13-17)32-28(19(29(34)41)4-6-24(36)37)33-10-8-18(9-11-33)42-30-27(40)26(39)25(38)21(14-35)43-30/h4,6-7,12-13,15-16,18,21,25-27,30,35,38-40H,3,5,8-11,14H2,1-2H3,(H,36,37)/b6-4+/t21-,25+,26+,27-,30-/m1/s1. The van der Waals surface area contributed by atoms with Crippen LogP contribution in [0.4, 0.5) is 5.82 Å². The van der Waals surface area contributed by atoms with Crippen LogP contribution in [0.5, 0.6) is 0 Å². The number of hydrogen-bond donors (Lipinski definition) is 5. The molecule has 238 valence electrons. The van der Waals surface area contributed by atoms with E-state index in [4.69, 9.17) is 19.4 Å². The molecule has 5 atom stereocenters. The second-order valence-electron chi connectivity index (χ2n) is 11.4. The van der Waals surface area contributed by atoms with E-state index >= 15 is 0 Å². The van der Waals surface area contributed by atoms with Crippen LogP contribution < -0.4 is 10.5 Å². The molecule has 2 aliphatic heterocycles. The van der Waals surface area contributed by atoms with Gasteiger partial charge >= 0.3 is 5.97 Å². The van der Waals surface area contributed by atoms with E-state index < -0.39 is 48.8 Å². The van der Waals surface area contributed by atoms with Gasteiger partial charge in [-0.1, -0.05) is 13.8 Å². The Balaban J connectivity index is 1.34. The minimum atomic E-state index is -1.53. The zero-order chi connectivity index (χ0) is 31.5. The molecule has 44 heavy (non-hydrogen) atoms. The van der Waals surface area contributed by atoms with E-state index in [0.29, 0.717) is 49.7 Å². The number of aromatic nitrogens is 3. The molecule has 14 heteroatoms. The summed E-state index contributed by atoms with van der Waals surface area (Å²) in [6.07, 6.45) is -0.996. The summed E-state index contributed by atoms with van der Waals surface area (Å²) in [6.45, 7) is 4.48. The maximum atomic E-state index is 13.6. The van der Waals surface area contributed by atoms with Gasteiger partial charge in [0.05, 0.1) is 29.0 Å². The van der Waals surface area contributed by atoms with Crippen LogP contribution in [0.2, 0.25) is 0 Å². The van der Waals surface area contributed by atoms with Gasteiger partial charge in [-0.25, -0.2) is 14.8 Å². The molecule has 5 N–H and O–H groups in total. The fourth-order valence-corrected chi connectivity index (χ4v) is 6.37. The van der Waals surface area contributed by atoms with E-state index in [0.717, 1.165) is 28.8 Å². The smallest absolute Gasteiger partial charge is 0.328 e. The predicted octanol–water partition coefficient (Wildman–Crippen LogP) is 0.943. The van der Waals surface area contributed by atoms with Gasteiger partial charge in [-0.15, -0.1) is 11.3 Å². The Kier molecular flexibility index (Phi) is 10.1. The number of thiazole rings is 1. The molecule has 0 amide bonds. The number of aliphatic hydroxyl groups excluding tert-OH is 4. The van der Waals surface area contributed by atoms with Crippen molar-refractivity contribution >= 4 is 34.8 Å². The van der Waals surface area contributed by atoms with Gasteiger partial charge in [0.1, 0.15) is 35.9 Å². The first kappa shape index (κ1) is 32.2. The third-order valence-corrected chi connectivity index (χ3v) is 8.93. The van der Waals surface area contributed by atoms with Crippen molar-refractivity contribution < 1.29 is 39.8 Å². The molecule has 3 aromatic heterocycles. The van der Waals surface area contributed by atoms with Crippen LogP contribution in [0, 0.1) is 0 Å². The van der Waals surface area contributed by atoms with Crippen LogP contribution in [0.1, 0.15) is 54.4 Å². The molecule has 3 aromatic rings. The van der Waals surface area contributed by atoms with Crippen molar-refractivity contribution in [1.82, 2.24) is 14.4 Å². The first-order valence-corrected chi connectivity index (χ1v) is 15.5. The minimum Gasteiger partial charge on any atom is -0.478 e. The number of hydrogen-bond acceptors (Lipinski definition) is 12. The molecule has 13 nitrogen and oxygen atoms in total. The van der Waals surface area contributed by atoms with Crippen molar-refractivity contribution in [2.45, 2.75) is 82.3 Å². The molecule has 0 bridgehead atoms. The topological polar surface area (TPSA) is 187 Å². The number of piperidine rings is 1. The van der Waals surface area contributed by atoms with Crippen LogP contribution >= 0.6 is 11.3 Å². The maximum Gasteiger partial charge on any atom is 0.328 e. The monoisotopic (exact) mass is 630 g/mol. The molecule has 5 rings (SSSR count). The average Bonchev–Trinajstić information content (AvgIpc) is 3.49. The molecular weight excluding hydrogens is 592 g/mol. The number of pyridine rings is 1. The molecule has 0 aliphatic carbocycles. The zero-order valence-electron chi connectivity index (χ0n) is 24.5. The Morgan fingerprint density at radius 3 is 2.57 bits per heavy atom. The lowest BCUT2D eigenvalue weighted by molar-refractivity contribution is -0.312. The number of nitrogens with zero attached hydrogens (tertiary/aromatic N) is 4. The number of aryl methyl sites for hydroxylation is 2. The lowest BCUT2D eigenvalue weighted by atomic mass is 9.99. The summed E-state index contributed by atoms with van der Waals surface area (Å²) in [5, 5.41) is 52.3. The van der Waals surface area contributed by atoms with Gasteiger partial charge in [0.25, 0.3) is 5.56 Å². The Morgan fingerprint density at radius 1 is 1.16 bits per heavy atom. The second kappa shape index (κ2) is 13.8. The highest BCUT2D eigenvalue weighted by atomic mass is 32.1. The van der Waals surface area contributed by atoms with Crippen LogP contribution in [0.15, 0.2) is 34.6 Å². The van der Waals surface area contributed by atoms with Crippen molar-refractivity contribution in [2.75, 3.05) is 24.6 Å². The lowest BCUT2D eigenvalue weighted by Crippen LogP contribution is -2.60. The van der Waals surface area contributed by atoms with E-state index in [2.05, 4.69) is 19.2 Å². The summed E-state index contributed by atoms with van der Waals surface area (Å²) in [5.74, 6) is -0.466. The van der Waals surface area contributed by atoms with E-state index in [1.807, 2.05) is 17.0 Å². The highest BCUT2D eigenvalue weighted by molar-refractivity contribution is 7.09. The number of aliphatic hydroxyl groups is 4. The fourth-order valence-electron chi connectivity index (χ4n) is 5.41. The van der Waals surface area contributed by atoms with Gasteiger partial charge < -0.3 is 39.9 Å². The molecule has 0 radical (unpaired) electrons. The number of carboxylic acids is 1. The molecule has 5 heterocycles. The largest absolute Gasteiger partial charge is 0.478 e. The summed E-state index contributed by atoms with van der Waals surface area (Å²) in [7, 11) is 0. The van der Waals surface area contributed by atoms with Crippen LogP contribution in [-0.4, -0.2) is 102 Å². The zero-order valence-corrected chi connectivity index (χ0v) is 25.3.